The van der Waals surface area contributed by atoms with Crippen molar-refractivity contribution in [1.82, 2.24) is 0 Å². The Balaban J connectivity index is 3.29. The van der Waals surface area contributed by atoms with E-state index >= 15 is 0 Å². The van der Waals surface area contributed by atoms with Crippen LogP contribution in [0.1, 0.15) is 6.92 Å². The van der Waals surface area contributed by atoms with Crippen LogP contribution < -0.4 is 0 Å². The Morgan fingerprint density at radius 1 is 1.70 bits per heavy atom. The Morgan fingerprint density at radius 2 is 2.30 bits per heavy atom. The van der Waals surface area contributed by atoms with Gasteiger partial charge in [-0.2, -0.15) is 0 Å². The molecular weight excluding hydrogens is 121 g/mol. The second-order valence-electron chi connectivity index (χ2n) is 1.82. The van der Waals surface area contributed by atoms with Crippen LogP contribution in [0.5, 0.6) is 0 Å². The Kier molecular flexibility index (Phi) is 5.00. The molecule has 47 valence electrons. The standard InChI is InChI=1S/C6H8B3O/c1-3-6(8)4-9-10-5(2)7/h3H,2,4H2,1H3/b6-3-. The van der Waals surface area contributed by atoms with Gasteiger partial charge in [0.1, 0.15) is 7.85 Å². The van der Waals surface area contributed by atoms with Crippen LogP contribution in [-0.2, 0) is 4.65 Å². The van der Waals surface area contributed by atoms with Crippen molar-refractivity contribution in [3.8, 4) is 0 Å². The number of hydrogen-bond donors (Lipinski definition) is 0. The van der Waals surface area contributed by atoms with E-state index in [-0.39, 0.29) is 5.66 Å². The third kappa shape index (κ3) is 5.61. The lowest BCUT2D eigenvalue weighted by Gasteiger charge is -2.02. The lowest BCUT2D eigenvalue weighted by atomic mass is 9.79. The van der Waals surface area contributed by atoms with Crippen LogP contribution in [0.25, 0.3) is 0 Å². The average molecular weight is 129 g/mol. The first kappa shape index (κ1) is 9.47. The molecule has 0 saturated heterocycles. The maximum atomic E-state index is 5.44. The molecule has 4 heteroatoms. The van der Waals surface area contributed by atoms with Crippen molar-refractivity contribution in [2.24, 2.45) is 0 Å². The van der Waals surface area contributed by atoms with Crippen LogP contribution in [0.4, 0.5) is 0 Å². The molecular formula is C6H8B3O. The van der Waals surface area contributed by atoms with Crippen LogP contribution >= 0.6 is 0 Å². The second kappa shape index (κ2) is 5.27. The van der Waals surface area contributed by atoms with Gasteiger partial charge in [0.25, 0.3) is 0 Å². The smallest absolute Gasteiger partial charge is 0.371 e. The first-order valence-electron chi connectivity index (χ1n) is 3.00. The minimum absolute atomic E-state index is 0.184. The van der Waals surface area contributed by atoms with E-state index in [1.807, 2.05) is 6.92 Å². The molecule has 0 rings (SSSR count). The molecule has 1 nitrogen and oxygen atoms in total. The number of rotatable bonds is 4. The van der Waals surface area contributed by atoms with Gasteiger partial charge in [0, 0.05) is 5.66 Å². The molecule has 0 N–H and O–H groups in total. The molecule has 0 aliphatic rings. The summed E-state index contributed by atoms with van der Waals surface area (Å²) in [4.78, 5) is 0. The number of allylic oxidation sites excluding steroid dienone is 2. The quantitative estimate of drug-likeness (QED) is 0.401. The molecule has 0 aromatic carbocycles. The predicted octanol–water partition coefficient (Wildman–Crippen LogP) is 0.752. The lowest BCUT2D eigenvalue weighted by Crippen LogP contribution is -1.98. The molecule has 0 spiro atoms. The summed E-state index contributed by atoms with van der Waals surface area (Å²) in [5, 5.41) is 0. The summed E-state index contributed by atoms with van der Waals surface area (Å²) in [5.74, 6) is 0. The van der Waals surface area contributed by atoms with Gasteiger partial charge in [-0.3, -0.25) is 0 Å². The molecule has 10 heavy (non-hydrogen) atoms. The Labute approximate surface area is 65.6 Å². The zero-order chi connectivity index (χ0) is 7.98. The summed E-state index contributed by atoms with van der Waals surface area (Å²) in [6, 6.07) is 0. The van der Waals surface area contributed by atoms with E-state index in [4.69, 9.17) is 20.3 Å². The van der Waals surface area contributed by atoms with E-state index in [0.29, 0.717) is 6.32 Å². The molecule has 0 atom stereocenters. The van der Waals surface area contributed by atoms with Gasteiger partial charge >= 0.3 is 7.48 Å². The third-order valence-corrected chi connectivity index (χ3v) is 0.925. The summed E-state index contributed by atoms with van der Waals surface area (Å²) in [6.07, 6.45) is 2.38. The molecule has 0 fully saturated rings. The van der Waals surface area contributed by atoms with Gasteiger partial charge in [-0.05, 0) is 13.2 Å². The first-order chi connectivity index (χ1) is 4.66. The van der Waals surface area contributed by atoms with Gasteiger partial charge < -0.3 is 4.65 Å². The summed E-state index contributed by atoms with van der Waals surface area (Å²) in [6.45, 7) is 5.20. The second-order valence-corrected chi connectivity index (χ2v) is 1.82. The lowest BCUT2D eigenvalue weighted by molar-refractivity contribution is 0.497. The fraction of sp³-hybridized carbons (Fsp3) is 0.333. The molecule has 0 aromatic rings. The van der Waals surface area contributed by atoms with Crippen LogP contribution in [0, 0.1) is 0 Å². The highest BCUT2D eigenvalue weighted by Crippen LogP contribution is 1.96. The van der Waals surface area contributed by atoms with Gasteiger partial charge in [-0.1, -0.05) is 12.7 Å². The van der Waals surface area contributed by atoms with Crippen molar-refractivity contribution in [3.05, 3.63) is 23.8 Å². The summed E-state index contributed by atoms with van der Waals surface area (Å²) < 4.78 is 4.75. The molecule has 0 aliphatic heterocycles. The third-order valence-electron chi connectivity index (χ3n) is 0.925. The zero-order valence-electron chi connectivity index (χ0n) is 6.13. The van der Waals surface area contributed by atoms with Gasteiger partial charge in [0.05, 0.1) is 0 Å². The Morgan fingerprint density at radius 3 is 2.70 bits per heavy atom. The van der Waals surface area contributed by atoms with Crippen molar-refractivity contribution >= 4 is 23.2 Å². The fourth-order valence-electron chi connectivity index (χ4n) is 0.363. The van der Waals surface area contributed by atoms with Crippen LogP contribution in [-0.4, -0.2) is 23.2 Å². The van der Waals surface area contributed by atoms with E-state index in [1.165, 1.54) is 7.48 Å². The van der Waals surface area contributed by atoms with Gasteiger partial charge in [-0.15, -0.1) is 5.47 Å². The monoisotopic (exact) mass is 129 g/mol. The van der Waals surface area contributed by atoms with Gasteiger partial charge in [0.2, 0.25) is 0 Å². The first-order valence-corrected chi connectivity index (χ1v) is 3.00. The molecule has 5 radical (unpaired) electrons. The van der Waals surface area contributed by atoms with Gasteiger partial charge in [0.15, 0.2) is 7.85 Å². The molecule has 0 aliphatic carbocycles. The van der Waals surface area contributed by atoms with Crippen molar-refractivity contribution in [2.75, 3.05) is 0 Å². The van der Waals surface area contributed by atoms with Crippen molar-refractivity contribution in [2.45, 2.75) is 13.2 Å². The summed E-state index contributed by atoms with van der Waals surface area (Å²) >= 11 is 0. The SMILES string of the molecule is [B]C(=C)O[B]C/C([B])=C/C. The minimum Gasteiger partial charge on any atom is -0.575 e. The minimum atomic E-state index is 0.184. The maximum absolute atomic E-state index is 5.44. The van der Waals surface area contributed by atoms with E-state index in [0.717, 1.165) is 5.47 Å². The molecule has 0 amide bonds. The zero-order valence-corrected chi connectivity index (χ0v) is 6.13. The maximum Gasteiger partial charge on any atom is 0.371 e. The molecule has 0 heterocycles. The summed E-state index contributed by atoms with van der Waals surface area (Å²) in [5.41, 5.74) is 0.935. The van der Waals surface area contributed by atoms with E-state index in [1.54, 1.807) is 6.08 Å². The topological polar surface area (TPSA) is 9.23 Å². The van der Waals surface area contributed by atoms with Crippen LogP contribution in [0.15, 0.2) is 23.8 Å². The summed E-state index contributed by atoms with van der Waals surface area (Å²) in [7, 11) is 12.1. The van der Waals surface area contributed by atoms with Crippen molar-refractivity contribution in [3.63, 3.8) is 0 Å². The average Bonchev–Trinajstić information content (AvgIpc) is 1.87. The Bertz CT molecular complexity index is 142. The molecule has 0 saturated carbocycles. The highest BCUT2D eigenvalue weighted by Gasteiger charge is 1.93. The van der Waals surface area contributed by atoms with Crippen LogP contribution in [0.2, 0.25) is 6.32 Å². The Hall–Kier alpha value is -0.525. The largest absolute Gasteiger partial charge is 0.575 e. The number of hydrogen-bond acceptors (Lipinski definition) is 1. The van der Waals surface area contributed by atoms with Crippen molar-refractivity contribution in [1.29, 1.82) is 0 Å². The highest BCUT2D eigenvalue weighted by molar-refractivity contribution is 6.36. The van der Waals surface area contributed by atoms with Crippen molar-refractivity contribution < 1.29 is 4.65 Å². The van der Waals surface area contributed by atoms with E-state index in [2.05, 4.69) is 6.58 Å². The fourth-order valence-corrected chi connectivity index (χ4v) is 0.363. The van der Waals surface area contributed by atoms with Gasteiger partial charge in [-0.25, -0.2) is 0 Å². The predicted molar refractivity (Wildman–Crippen MR) is 46.1 cm³/mol. The molecule has 0 unspecified atom stereocenters. The van der Waals surface area contributed by atoms with Crippen LogP contribution in [0.3, 0.4) is 0 Å². The highest BCUT2D eigenvalue weighted by atomic mass is 16.4. The normalized spacial score (nSPS) is 10.7. The van der Waals surface area contributed by atoms with E-state index in [9.17, 15) is 0 Å². The molecule has 0 bridgehead atoms. The molecule has 0 aromatic heterocycles. The van der Waals surface area contributed by atoms with E-state index < -0.39 is 0 Å².